The number of hydrogen-bond acceptors (Lipinski definition) is 3. The number of hydrogen-bond donors (Lipinski definition) is 0. The molecule has 27 heavy (non-hydrogen) atoms. The van der Waals surface area contributed by atoms with Gasteiger partial charge in [0, 0.05) is 34.1 Å². The molecule has 2 aromatic carbocycles. The maximum Gasteiger partial charge on any atom is 0.266 e. The van der Waals surface area contributed by atoms with Crippen LogP contribution in [0.25, 0.3) is 0 Å². The lowest BCUT2D eigenvalue weighted by Gasteiger charge is -2.31. The van der Waals surface area contributed by atoms with Crippen LogP contribution in [0.1, 0.15) is 31.1 Å². The minimum atomic E-state index is -0.942. The van der Waals surface area contributed by atoms with E-state index in [-0.39, 0.29) is 5.91 Å². The van der Waals surface area contributed by atoms with E-state index in [4.69, 9.17) is 27.9 Å². The van der Waals surface area contributed by atoms with Crippen LogP contribution in [0.15, 0.2) is 48.5 Å². The first-order valence-corrected chi connectivity index (χ1v) is 10.8. The van der Waals surface area contributed by atoms with E-state index in [1.54, 1.807) is 24.3 Å². The van der Waals surface area contributed by atoms with Crippen molar-refractivity contribution in [3.63, 3.8) is 0 Å². The summed E-state index contributed by atoms with van der Waals surface area (Å²) in [5, 5.41) is 1.74. The summed E-state index contributed by atoms with van der Waals surface area (Å²) in [7, 11) is 0. The van der Waals surface area contributed by atoms with Gasteiger partial charge in [-0.15, -0.1) is 0 Å². The van der Waals surface area contributed by atoms with Gasteiger partial charge in [0.15, 0.2) is 5.60 Å². The second-order valence-electron chi connectivity index (χ2n) is 7.03. The molecule has 1 heterocycles. The molecule has 6 heteroatoms. The monoisotopic (exact) mass is 423 g/mol. The third-order valence-electron chi connectivity index (χ3n) is 4.58. The lowest BCUT2D eigenvalue weighted by Crippen LogP contribution is -2.49. The lowest BCUT2D eigenvalue weighted by molar-refractivity contribution is -0.145. The molecule has 0 aliphatic carbocycles. The van der Waals surface area contributed by atoms with Crippen LogP contribution < -0.4 is 4.74 Å². The van der Waals surface area contributed by atoms with Crippen LogP contribution >= 0.6 is 35.0 Å². The first kappa shape index (κ1) is 20.4. The number of amides is 1. The maximum atomic E-state index is 13.1. The Morgan fingerprint density at radius 2 is 1.81 bits per heavy atom. The van der Waals surface area contributed by atoms with Gasteiger partial charge in [-0.25, -0.2) is 0 Å². The summed E-state index contributed by atoms with van der Waals surface area (Å²) in [4.78, 5) is 15.0. The molecule has 0 bridgehead atoms. The summed E-state index contributed by atoms with van der Waals surface area (Å²) in [6, 6.07) is 15.0. The fraction of sp³-hybridized carbons (Fsp3) is 0.381. The fourth-order valence-electron chi connectivity index (χ4n) is 3.18. The van der Waals surface area contributed by atoms with Crippen molar-refractivity contribution in [2.75, 3.05) is 18.8 Å². The zero-order chi connectivity index (χ0) is 19.4. The van der Waals surface area contributed by atoms with Gasteiger partial charge in [-0.2, -0.15) is 11.8 Å². The normalized spacial score (nSPS) is 18.1. The van der Waals surface area contributed by atoms with E-state index in [1.807, 2.05) is 48.7 Å². The molecule has 1 unspecified atom stereocenters. The topological polar surface area (TPSA) is 29.5 Å². The zero-order valence-electron chi connectivity index (χ0n) is 15.5. The number of carbonyl (C=O) groups is 1. The predicted octanol–water partition coefficient (Wildman–Crippen LogP) is 5.86. The van der Waals surface area contributed by atoms with E-state index in [0.29, 0.717) is 29.1 Å². The molecule has 3 rings (SSSR count). The molecular weight excluding hydrogens is 401 g/mol. The van der Waals surface area contributed by atoms with Crippen LogP contribution in [0.5, 0.6) is 5.75 Å². The Morgan fingerprint density at radius 3 is 2.52 bits per heavy atom. The summed E-state index contributed by atoms with van der Waals surface area (Å²) in [5.41, 5.74) is 0.207. The van der Waals surface area contributed by atoms with Gasteiger partial charge in [-0.3, -0.25) is 4.79 Å². The number of benzene rings is 2. The van der Waals surface area contributed by atoms with Crippen molar-refractivity contribution in [1.82, 2.24) is 4.90 Å². The number of rotatable bonds is 4. The SMILES string of the molecule is CC(C)(Oc1ccc(Cl)cc1)C(=O)N1CCSC(c2ccccc2Cl)CC1. The van der Waals surface area contributed by atoms with E-state index in [1.165, 1.54) is 0 Å². The van der Waals surface area contributed by atoms with E-state index in [2.05, 4.69) is 6.07 Å². The summed E-state index contributed by atoms with van der Waals surface area (Å²) < 4.78 is 5.97. The Bertz CT molecular complexity index is 795. The lowest BCUT2D eigenvalue weighted by atomic mass is 10.1. The second kappa shape index (κ2) is 8.76. The highest BCUT2D eigenvalue weighted by Crippen LogP contribution is 2.38. The van der Waals surface area contributed by atoms with Gasteiger partial charge in [0.1, 0.15) is 5.75 Å². The Hall–Kier alpha value is -1.36. The average molecular weight is 424 g/mol. The summed E-state index contributed by atoms with van der Waals surface area (Å²) in [5.74, 6) is 1.51. The quantitative estimate of drug-likeness (QED) is 0.616. The molecule has 0 radical (unpaired) electrons. The van der Waals surface area contributed by atoms with Gasteiger partial charge in [-0.1, -0.05) is 41.4 Å². The van der Waals surface area contributed by atoms with Crippen molar-refractivity contribution in [2.45, 2.75) is 31.1 Å². The molecule has 1 aliphatic heterocycles. The summed E-state index contributed by atoms with van der Waals surface area (Å²) in [6.45, 7) is 5.02. The van der Waals surface area contributed by atoms with Gasteiger partial charge in [-0.05, 0) is 56.2 Å². The number of nitrogens with zero attached hydrogens (tertiary/aromatic N) is 1. The Morgan fingerprint density at radius 1 is 1.11 bits per heavy atom. The minimum Gasteiger partial charge on any atom is -0.478 e. The molecule has 1 atom stereocenters. The third-order valence-corrected chi connectivity index (χ3v) is 6.49. The largest absolute Gasteiger partial charge is 0.478 e. The van der Waals surface area contributed by atoms with Gasteiger partial charge in [0.2, 0.25) is 0 Å². The van der Waals surface area contributed by atoms with E-state index < -0.39 is 5.60 Å². The van der Waals surface area contributed by atoms with E-state index >= 15 is 0 Å². The molecule has 0 spiro atoms. The highest BCUT2D eigenvalue weighted by atomic mass is 35.5. The van der Waals surface area contributed by atoms with Crippen LogP contribution in [-0.4, -0.2) is 35.3 Å². The predicted molar refractivity (Wildman–Crippen MR) is 114 cm³/mol. The molecular formula is C21H23Cl2NO2S. The van der Waals surface area contributed by atoms with Crippen molar-refractivity contribution >= 4 is 40.9 Å². The molecule has 2 aromatic rings. The van der Waals surface area contributed by atoms with Gasteiger partial charge in [0.05, 0.1) is 0 Å². The Labute approximate surface area is 175 Å². The van der Waals surface area contributed by atoms with Crippen LogP contribution in [-0.2, 0) is 4.79 Å². The summed E-state index contributed by atoms with van der Waals surface area (Å²) in [6.07, 6.45) is 0.872. The second-order valence-corrected chi connectivity index (χ2v) is 9.18. The Kier molecular flexibility index (Phi) is 6.61. The van der Waals surface area contributed by atoms with Gasteiger partial charge in [0.25, 0.3) is 5.91 Å². The van der Waals surface area contributed by atoms with E-state index in [9.17, 15) is 4.79 Å². The number of halogens is 2. The van der Waals surface area contributed by atoms with Crippen molar-refractivity contribution < 1.29 is 9.53 Å². The standard InChI is InChI=1S/C21H23Cl2NO2S/c1-21(2,26-16-9-7-15(22)8-10-16)20(25)24-12-11-19(27-14-13-24)17-5-3-4-6-18(17)23/h3-10,19H,11-14H2,1-2H3. The Balaban J connectivity index is 1.66. The molecule has 1 fully saturated rings. The van der Waals surface area contributed by atoms with E-state index in [0.717, 1.165) is 22.8 Å². The van der Waals surface area contributed by atoms with Crippen LogP contribution in [0.4, 0.5) is 0 Å². The minimum absolute atomic E-state index is 0.00198. The van der Waals surface area contributed by atoms with Crippen LogP contribution in [0.2, 0.25) is 10.0 Å². The zero-order valence-corrected chi connectivity index (χ0v) is 17.8. The molecule has 1 saturated heterocycles. The smallest absolute Gasteiger partial charge is 0.266 e. The van der Waals surface area contributed by atoms with Crippen LogP contribution in [0, 0.1) is 0 Å². The van der Waals surface area contributed by atoms with Crippen LogP contribution in [0.3, 0.4) is 0 Å². The molecule has 3 nitrogen and oxygen atoms in total. The first-order valence-electron chi connectivity index (χ1n) is 8.97. The van der Waals surface area contributed by atoms with Gasteiger partial charge < -0.3 is 9.64 Å². The molecule has 144 valence electrons. The number of carbonyl (C=O) groups excluding carboxylic acids is 1. The molecule has 1 amide bonds. The summed E-state index contributed by atoms with van der Waals surface area (Å²) >= 11 is 14.1. The highest BCUT2D eigenvalue weighted by molar-refractivity contribution is 7.99. The first-order chi connectivity index (χ1) is 12.9. The maximum absolute atomic E-state index is 13.1. The van der Waals surface area contributed by atoms with Gasteiger partial charge >= 0.3 is 0 Å². The van der Waals surface area contributed by atoms with Crippen molar-refractivity contribution in [1.29, 1.82) is 0 Å². The number of thioether (sulfide) groups is 1. The van der Waals surface area contributed by atoms with Crippen molar-refractivity contribution in [2.24, 2.45) is 0 Å². The molecule has 0 aromatic heterocycles. The molecule has 0 N–H and O–H groups in total. The fourth-order valence-corrected chi connectivity index (χ4v) is 4.91. The average Bonchev–Trinajstić information content (AvgIpc) is 2.89. The molecule has 1 aliphatic rings. The van der Waals surface area contributed by atoms with Crippen molar-refractivity contribution in [3.8, 4) is 5.75 Å². The number of ether oxygens (including phenoxy) is 1. The third kappa shape index (κ3) is 5.13. The van der Waals surface area contributed by atoms with Crippen molar-refractivity contribution in [3.05, 3.63) is 64.1 Å². The molecule has 0 saturated carbocycles. The highest BCUT2D eigenvalue weighted by Gasteiger charge is 2.35.